The van der Waals surface area contributed by atoms with E-state index >= 15 is 0 Å². The summed E-state index contributed by atoms with van der Waals surface area (Å²) in [6.45, 7) is 0. The van der Waals surface area contributed by atoms with Gasteiger partial charge in [-0.05, 0) is 6.07 Å². The number of benzene rings is 2. The summed E-state index contributed by atoms with van der Waals surface area (Å²) >= 11 is 0. The van der Waals surface area contributed by atoms with Gasteiger partial charge in [-0.15, -0.1) is 0 Å². The third-order valence-corrected chi connectivity index (χ3v) is 3.14. The van der Waals surface area contributed by atoms with Crippen LogP contribution < -0.4 is 10.3 Å². The lowest BCUT2D eigenvalue weighted by molar-refractivity contribution is 0.248. The lowest BCUT2D eigenvalue weighted by Gasteiger charge is -2.16. The molecule has 2 aromatic carbocycles. The molecule has 1 aliphatic rings. The van der Waals surface area contributed by atoms with Crippen LogP contribution in [0.3, 0.4) is 0 Å². The van der Waals surface area contributed by atoms with Crippen LogP contribution in [-0.2, 0) is 0 Å². The van der Waals surface area contributed by atoms with Crippen LogP contribution in [0.2, 0.25) is 0 Å². The molecule has 4 nitrogen and oxygen atoms in total. The van der Waals surface area contributed by atoms with Gasteiger partial charge in [-0.25, -0.2) is 10.2 Å². The Balaban J connectivity index is 2.20. The minimum absolute atomic E-state index is 0.238. The van der Waals surface area contributed by atoms with Crippen molar-refractivity contribution in [2.75, 3.05) is 11.9 Å². The van der Waals surface area contributed by atoms with E-state index in [1.165, 1.54) is 0 Å². The molecule has 4 heteroatoms. The quantitative estimate of drug-likeness (QED) is 0.832. The number of fused-ring (bicyclic) bond motifs is 1. The third kappa shape index (κ3) is 1.97. The first-order valence-electron chi connectivity index (χ1n) is 6.03. The largest absolute Gasteiger partial charge is 0.342 e. The van der Waals surface area contributed by atoms with E-state index in [1.54, 1.807) is 11.9 Å². The summed E-state index contributed by atoms with van der Waals surface area (Å²) in [4.78, 5) is 13.4. The monoisotopic (exact) mass is 251 g/mol. The molecule has 0 saturated heterocycles. The van der Waals surface area contributed by atoms with E-state index in [9.17, 15) is 4.79 Å². The number of hydrogen-bond acceptors (Lipinski definition) is 2. The van der Waals surface area contributed by atoms with Crippen LogP contribution in [0.1, 0.15) is 11.1 Å². The highest BCUT2D eigenvalue weighted by atomic mass is 16.2. The second-order valence-corrected chi connectivity index (χ2v) is 4.32. The maximum absolute atomic E-state index is 11.9. The summed E-state index contributed by atoms with van der Waals surface area (Å²) in [5, 5.41) is 4.24. The molecule has 2 amide bonds. The maximum Gasteiger partial charge on any atom is 0.342 e. The topological polar surface area (TPSA) is 44.7 Å². The molecule has 3 rings (SSSR count). The molecular formula is C15H13N3O. The van der Waals surface area contributed by atoms with Crippen molar-refractivity contribution >= 4 is 17.4 Å². The molecule has 0 atom stereocenters. The average molecular weight is 251 g/mol. The maximum atomic E-state index is 11.9. The molecule has 0 aliphatic carbocycles. The fourth-order valence-electron chi connectivity index (χ4n) is 2.13. The highest BCUT2D eigenvalue weighted by Gasteiger charge is 2.21. The van der Waals surface area contributed by atoms with E-state index in [-0.39, 0.29) is 6.03 Å². The van der Waals surface area contributed by atoms with Crippen molar-refractivity contribution in [1.82, 2.24) is 5.43 Å². The second kappa shape index (κ2) is 4.57. The average Bonchev–Trinajstić information content (AvgIpc) is 2.59. The van der Waals surface area contributed by atoms with E-state index in [2.05, 4.69) is 10.5 Å². The summed E-state index contributed by atoms with van der Waals surface area (Å²) in [7, 11) is 1.73. The lowest BCUT2D eigenvalue weighted by atomic mass is 10.0. The van der Waals surface area contributed by atoms with Crippen LogP contribution in [0.4, 0.5) is 10.5 Å². The number of hydrogen-bond donors (Lipinski definition) is 1. The van der Waals surface area contributed by atoms with Gasteiger partial charge in [0.25, 0.3) is 0 Å². The standard InChI is InChI=1S/C15H13N3O/c1-18-13-10-6-5-9-12(13)14(16-17-15(18)19)11-7-3-2-4-8-11/h2-10H,1H3,(H,17,19). The summed E-state index contributed by atoms with van der Waals surface area (Å²) in [6.07, 6.45) is 0. The van der Waals surface area contributed by atoms with Gasteiger partial charge in [-0.1, -0.05) is 48.5 Å². The number of hydrazone groups is 1. The smallest absolute Gasteiger partial charge is 0.295 e. The number of carbonyl (C=O) groups excluding carboxylic acids is 1. The molecule has 1 N–H and O–H groups in total. The van der Waals surface area contributed by atoms with Crippen molar-refractivity contribution in [2.45, 2.75) is 0 Å². The molecule has 0 bridgehead atoms. The number of urea groups is 1. The van der Waals surface area contributed by atoms with Crippen LogP contribution >= 0.6 is 0 Å². The molecule has 1 heterocycles. The highest BCUT2D eigenvalue weighted by molar-refractivity contribution is 6.18. The number of rotatable bonds is 1. The zero-order chi connectivity index (χ0) is 13.2. The van der Waals surface area contributed by atoms with Gasteiger partial charge >= 0.3 is 6.03 Å². The number of carbonyl (C=O) groups is 1. The van der Waals surface area contributed by atoms with Gasteiger partial charge in [0.15, 0.2) is 0 Å². The number of para-hydroxylation sites is 1. The van der Waals surface area contributed by atoms with Crippen molar-refractivity contribution in [3.05, 3.63) is 65.7 Å². The fourth-order valence-corrected chi connectivity index (χ4v) is 2.13. The molecule has 0 spiro atoms. The van der Waals surface area contributed by atoms with Gasteiger partial charge in [0, 0.05) is 18.2 Å². The first-order valence-corrected chi connectivity index (χ1v) is 6.03. The number of nitrogens with one attached hydrogen (secondary N) is 1. The van der Waals surface area contributed by atoms with Crippen molar-refractivity contribution in [3.63, 3.8) is 0 Å². The van der Waals surface area contributed by atoms with E-state index < -0.39 is 0 Å². The predicted octanol–water partition coefficient (Wildman–Crippen LogP) is 2.60. The van der Waals surface area contributed by atoms with Gasteiger partial charge in [0.2, 0.25) is 0 Å². The van der Waals surface area contributed by atoms with E-state index in [0.29, 0.717) is 0 Å². The molecule has 1 aliphatic heterocycles. The van der Waals surface area contributed by atoms with E-state index in [1.807, 2.05) is 54.6 Å². The predicted molar refractivity (Wildman–Crippen MR) is 75.5 cm³/mol. The third-order valence-electron chi connectivity index (χ3n) is 3.14. The van der Waals surface area contributed by atoms with Gasteiger partial charge in [-0.2, -0.15) is 5.10 Å². The van der Waals surface area contributed by atoms with Gasteiger partial charge < -0.3 is 0 Å². The normalized spacial score (nSPS) is 14.3. The number of nitrogens with zero attached hydrogens (tertiary/aromatic N) is 2. The Morgan fingerprint density at radius 2 is 1.68 bits per heavy atom. The molecule has 0 saturated carbocycles. The number of anilines is 1. The van der Waals surface area contributed by atoms with Crippen molar-refractivity contribution in [2.24, 2.45) is 5.10 Å². The molecule has 94 valence electrons. The minimum Gasteiger partial charge on any atom is -0.295 e. The zero-order valence-corrected chi connectivity index (χ0v) is 10.5. The van der Waals surface area contributed by atoms with Gasteiger partial charge in [0.1, 0.15) is 5.71 Å². The fraction of sp³-hybridized carbons (Fsp3) is 0.0667. The Bertz CT molecular complexity index is 649. The Morgan fingerprint density at radius 1 is 1.00 bits per heavy atom. The highest BCUT2D eigenvalue weighted by Crippen LogP contribution is 2.24. The Labute approximate surface area is 111 Å². The molecule has 0 fully saturated rings. The molecule has 0 radical (unpaired) electrons. The van der Waals surface area contributed by atoms with E-state index in [0.717, 1.165) is 22.5 Å². The van der Waals surface area contributed by atoms with Crippen LogP contribution in [0.5, 0.6) is 0 Å². The van der Waals surface area contributed by atoms with Crippen molar-refractivity contribution in [1.29, 1.82) is 0 Å². The van der Waals surface area contributed by atoms with E-state index in [4.69, 9.17) is 0 Å². The Kier molecular flexibility index (Phi) is 2.76. The van der Waals surface area contributed by atoms with Crippen LogP contribution in [0.25, 0.3) is 0 Å². The molecular weight excluding hydrogens is 238 g/mol. The van der Waals surface area contributed by atoms with Crippen molar-refractivity contribution < 1.29 is 4.79 Å². The van der Waals surface area contributed by atoms with Crippen LogP contribution in [-0.4, -0.2) is 18.8 Å². The molecule has 2 aromatic rings. The first-order chi connectivity index (χ1) is 9.27. The summed E-state index contributed by atoms with van der Waals surface area (Å²) < 4.78 is 0. The van der Waals surface area contributed by atoms with Gasteiger partial charge in [0.05, 0.1) is 5.69 Å². The SMILES string of the molecule is CN1C(=O)NN=C(c2ccccc2)c2ccccc21. The van der Waals surface area contributed by atoms with Crippen molar-refractivity contribution in [3.8, 4) is 0 Å². The van der Waals surface area contributed by atoms with Crippen LogP contribution in [0.15, 0.2) is 59.7 Å². The first kappa shape index (κ1) is 11.5. The summed E-state index contributed by atoms with van der Waals surface area (Å²) in [5.41, 5.74) is 6.10. The molecule has 0 aromatic heterocycles. The lowest BCUT2D eigenvalue weighted by Crippen LogP contribution is -2.33. The summed E-state index contributed by atoms with van der Waals surface area (Å²) in [5.74, 6) is 0. The Morgan fingerprint density at radius 3 is 2.47 bits per heavy atom. The Hall–Kier alpha value is -2.62. The minimum atomic E-state index is -0.238. The molecule has 19 heavy (non-hydrogen) atoms. The summed E-state index contributed by atoms with van der Waals surface area (Å²) in [6, 6.07) is 17.3. The second-order valence-electron chi connectivity index (χ2n) is 4.32. The van der Waals surface area contributed by atoms with Gasteiger partial charge in [-0.3, -0.25) is 4.90 Å². The van der Waals surface area contributed by atoms with Crippen LogP contribution in [0, 0.1) is 0 Å². The number of amides is 2. The molecule has 0 unspecified atom stereocenters. The zero-order valence-electron chi connectivity index (χ0n) is 10.5.